The highest BCUT2D eigenvalue weighted by Gasteiger charge is 2.35. The van der Waals surface area contributed by atoms with Gasteiger partial charge in [0.25, 0.3) is 0 Å². The van der Waals surface area contributed by atoms with Gasteiger partial charge in [0.05, 0.1) is 24.3 Å². The van der Waals surface area contributed by atoms with E-state index in [4.69, 9.17) is 18.9 Å². The molecule has 4 atom stereocenters. The number of halogens is 4. The van der Waals surface area contributed by atoms with Crippen LogP contribution in [0.3, 0.4) is 0 Å². The number of hydrogen-bond donors (Lipinski definition) is 2. The molecule has 0 bridgehead atoms. The molecule has 2 aliphatic rings. The molecule has 4 aromatic rings. The van der Waals surface area contributed by atoms with Gasteiger partial charge in [-0.2, -0.15) is 0 Å². The number of ether oxygens (including phenoxy) is 4. The van der Waals surface area contributed by atoms with Crippen molar-refractivity contribution in [2.75, 3.05) is 26.2 Å². The Kier molecular flexibility index (Phi) is 17.4. The van der Waals surface area contributed by atoms with Crippen molar-refractivity contribution in [3.05, 3.63) is 131 Å². The van der Waals surface area contributed by atoms with Crippen LogP contribution < -0.4 is 20.1 Å². The smallest absolute Gasteiger partial charge is 0.410 e. The van der Waals surface area contributed by atoms with Crippen LogP contribution in [-0.4, -0.2) is 84.8 Å². The molecule has 2 aliphatic heterocycles. The fraction of sp³-hybridized carbons (Fsp3) is 0.435. The molecule has 60 heavy (non-hydrogen) atoms. The Hall–Kier alpha value is -5.34. The van der Waals surface area contributed by atoms with E-state index >= 15 is 0 Å². The molecule has 2 fully saturated rings. The Bertz CT molecular complexity index is 1760. The van der Waals surface area contributed by atoms with Gasteiger partial charge in [0, 0.05) is 26.2 Å². The summed E-state index contributed by atoms with van der Waals surface area (Å²) in [6.07, 6.45) is -2.44. The van der Waals surface area contributed by atoms with E-state index in [0.29, 0.717) is 37.1 Å². The minimum absolute atomic E-state index is 0.0721. The quantitative estimate of drug-likeness (QED) is 0.122. The lowest BCUT2D eigenvalue weighted by atomic mass is 10.0. The molecular formula is C46H56F4N4O6. The zero-order valence-electron chi connectivity index (χ0n) is 34.6. The van der Waals surface area contributed by atoms with Gasteiger partial charge in [0.15, 0.2) is 0 Å². The summed E-state index contributed by atoms with van der Waals surface area (Å²) in [5.41, 5.74) is 3.05. The molecule has 10 nitrogen and oxygen atoms in total. The summed E-state index contributed by atoms with van der Waals surface area (Å²) in [7, 11) is 0. The normalized spacial score (nSPS) is 18.8. The highest BCUT2D eigenvalue weighted by Crippen LogP contribution is 2.23. The standard InChI is InChI=1S/2C23H28F2N2O3/c2*1-16(2)30-20-9-5-18(6-10-20)15-29-23(28)27(22-11-12-26-13-21(22)25)14-17-3-7-19(24)8-4-17/h2*3-10,16,21-22,26H,11-15H2,1-2H3/t2*21-,22+/m10/s1. The summed E-state index contributed by atoms with van der Waals surface area (Å²) in [6.45, 7) is 9.88. The Balaban J connectivity index is 0.000000228. The molecule has 0 radical (unpaired) electrons. The van der Waals surface area contributed by atoms with Gasteiger partial charge in [-0.3, -0.25) is 9.80 Å². The number of piperidine rings is 2. The van der Waals surface area contributed by atoms with Crippen molar-refractivity contribution in [1.29, 1.82) is 0 Å². The van der Waals surface area contributed by atoms with Gasteiger partial charge in [-0.25, -0.2) is 27.2 Å². The number of nitrogens with zero attached hydrogens (tertiary/aromatic N) is 2. The second kappa shape index (κ2) is 22.9. The molecule has 0 unspecified atom stereocenters. The van der Waals surface area contributed by atoms with E-state index in [1.54, 1.807) is 24.3 Å². The highest BCUT2D eigenvalue weighted by atomic mass is 19.1. The molecule has 4 aromatic carbocycles. The molecule has 2 N–H and O–H groups in total. The summed E-state index contributed by atoms with van der Waals surface area (Å²) in [4.78, 5) is 28.5. The van der Waals surface area contributed by atoms with E-state index in [9.17, 15) is 27.2 Å². The van der Waals surface area contributed by atoms with Crippen molar-refractivity contribution in [2.24, 2.45) is 0 Å². The van der Waals surface area contributed by atoms with Gasteiger partial charge >= 0.3 is 12.2 Å². The van der Waals surface area contributed by atoms with Crippen LogP contribution in [0.5, 0.6) is 11.5 Å². The first kappa shape index (κ1) is 45.7. The predicted molar refractivity (Wildman–Crippen MR) is 221 cm³/mol. The number of nitrogens with one attached hydrogen (secondary N) is 2. The topological polar surface area (TPSA) is 102 Å². The largest absolute Gasteiger partial charge is 0.491 e. The number of carbonyl (C=O) groups is 2. The third-order valence-electron chi connectivity index (χ3n) is 9.86. The summed E-state index contributed by atoms with van der Waals surface area (Å²) >= 11 is 0. The third kappa shape index (κ3) is 14.4. The Morgan fingerprint density at radius 3 is 1.22 bits per heavy atom. The van der Waals surface area contributed by atoms with Gasteiger partial charge in [-0.05, 0) is 124 Å². The van der Waals surface area contributed by atoms with Crippen LogP contribution in [0.2, 0.25) is 0 Å². The molecule has 0 aliphatic carbocycles. The van der Waals surface area contributed by atoms with Gasteiger partial charge in [0.2, 0.25) is 0 Å². The number of carbonyl (C=O) groups excluding carboxylic acids is 2. The molecule has 2 saturated heterocycles. The second-order valence-electron chi connectivity index (χ2n) is 15.4. The zero-order valence-corrected chi connectivity index (χ0v) is 34.6. The molecule has 6 rings (SSSR count). The summed E-state index contributed by atoms with van der Waals surface area (Å²) in [5, 5.41) is 5.98. The molecular weight excluding hydrogens is 781 g/mol. The number of benzene rings is 4. The van der Waals surface area contributed by atoms with Crippen LogP contribution >= 0.6 is 0 Å². The molecule has 14 heteroatoms. The molecule has 0 spiro atoms. The van der Waals surface area contributed by atoms with Crippen molar-refractivity contribution < 1.29 is 46.1 Å². The summed E-state index contributed by atoms with van der Waals surface area (Å²) < 4.78 is 77.8. The van der Waals surface area contributed by atoms with Crippen LogP contribution in [0, 0.1) is 11.6 Å². The van der Waals surface area contributed by atoms with Crippen molar-refractivity contribution in [3.63, 3.8) is 0 Å². The van der Waals surface area contributed by atoms with Crippen LogP contribution in [-0.2, 0) is 35.8 Å². The van der Waals surface area contributed by atoms with E-state index in [-0.39, 0.29) is 63.2 Å². The summed E-state index contributed by atoms with van der Waals surface area (Å²) in [5.74, 6) is 0.770. The van der Waals surface area contributed by atoms with Crippen molar-refractivity contribution >= 4 is 12.2 Å². The van der Waals surface area contributed by atoms with E-state index in [2.05, 4.69) is 10.6 Å². The SMILES string of the molecule is CC(C)Oc1ccc(COC(=O)N(Cc2ccc(F)cc2)[C@@H]2CCNC[C@@H]2F)cc1.CC(C)Oc1ccc(COC(=O)N(Cc2ccc(F)cc2)[C@H]2CCNC[C@H]2F)cc1. The minimum Gasteiger partial charge on any atom is -0.491 e. The summed E-state index contributed by atoms with van der Waals surface area (Å²) in [6, 6.07) is 25.1. The minimum atomic E-state index is -1.20. The third-order valence-corrected chi connectivity index (χ3v) is 9.86. The number of alkyl halides is 2. The Morgan fingerprint density at radius 1 is 0.567 bits per heavy atom. The van der Waals surface area contributed by atoms with Crippen LogP contribution in [0.15, 0.2) is 97.1 Å². The Labute approximate surface area is 350 Å². The number of rotatable bonds is 14. The maximum Gasteiger partial charge on any atom is 0.410 e. The lowest BCUT2D eigenvalue weighted by Gasteiger charge is -2.36. The maximum atomic E-state index is 14.6. The highest BCUT2D eigenvalue weighted by molar-refractivity contribution is 5.69. The van der Waals surface area contributed by atoms with E-state index in [0.717, 1.165) is 22.6 Å². The van der Waals surface area contributed by atoms with Gasteiger partial charge in [0.1, 0.15) is 48.7 Å². The Morgan fingerprint density at radius 2 is 0.900 bits per heavy atom. The molecule has 0 saturated carbocycles. The van der Waals surface area contributed by atoms with Crippen LogP contribution in [0.25, 0.3) is 0 Å². The average Bonchev–Trinajstić information content (AvgIpc) is 3.23. The molecule has 2 amide bonds. The first-order valence-corrected chi connectivity index (χ1v) is 20.4. The average molecular weight is 837 g/mol. The lowest BCUT2D eigenvalue weighted by Crippen LogP contribution is -2.52. The van der Waals surface area contributed by atoms with Crippen LogP contribution in [0.4, 0.5) is 27.2 Å². The predicted octanol–water partition coefficient (Wildman–Crippen LogP) is 8.90. The van der Waals surface area contributed by atoms with Gasteiger partial charge in [-0.1, -0.05) is 48.5 Å². The van der Waals surface area contributed by atoms with Crippen LogP contribution in [0.1, 0.15) is 62.8 Å². The van der Waals surface area contributed by atoms with E-state index in [1.807, 2.05) is 76.2 Å². The fourth-order valence-electron chi connectivity index (χ4n) is 6.85. The maximum absolute atomic E-state index is 14.6. The van der Waals surface area contributed by atoms with Gasteiger partial charge < -0.3 is 29.6 Å². The van der Waals surface area contributed by atoms with Crippen molar-refractivity contribution in [3.8, 4) is 11.5 Å². The first-order valence-electron chi connectivity index (χ1n) is 20.4. The fourth-order valence-corrected chi connectivity index (χ4v) is 6.85. The van der Waals surface area contributed by atoms with Crippen molar-refractivity contribution in [2.45, 2.75) is 103 Å². The number of hydrogen-bond acceptors (Lipinski definition) is 8. The molecule has 2 heterocycles. The second-order valence-corrected chi connectivity index (χ2v) is 15.4. The zero-order chi connectivity index (χ0) is 43.0. The lowest BCUT2D eigenvalue weighted by molar-refractivity contribution is 0.0439. The van der Waals surface area contributed by atoms with Crippen molar-refractivity contribution in [1.82, 2.24) is 20.4 Å². The molecule has 0 aromatic heterocycles. The van der Waals surface area contributed by atoms with Gasteiger partial charge in [-0.15, -0.1) is 0 Å². The monoisotopic (exact) mass is 836 g/mol. The molecule has 324 valence electrons. The number of amides is 2. The van der Waals surface area contributed by atoms with E-state index in [1.165, 1.54) is 34.1 Å². The van der Waals surface area contributed by atoms with E-state index < -0.39 is 36.6 Å². The first-order chi connectivity index (χ1) is 28.8.